The molecule has 1 aliphatic carbocycles. The predicted molar refractivity (Wildman–Crippen MR) is 110 cm³/mol. The monoisotopic (exact) mass is 419 g/mol. The highest BCUT2D eigenvalue weighted by Gasteiger charge is 2.22. The summed E-state index contributed by atoms with van der Waals surface area (Å²) in [7, 11) is -3.44. The first-order valence-corrected chi connectivity index (χ1v) is 11.4. The van der Waals surface area contributed by atoms with Crippen molar-refractivity contribution in [3.63, 3.8) is 0 Å². The molecular weight excluding hydrogens is 398 g/mol. The van der Waals surface area contributed by atoms with E-state index in [1.54, 1.807) is 18.2 Å². The fourth-order valence-corrected chi connectivity index (χ4v) is 4.80. The first-order valence-electron chi connectivity index (χ1n) is 9.15. The lowest BCUT2D eigenvalue weighted by Crippen LogP contribution is -2.13. The third-order valence-corrected chi connectivity index (χ3v) is 6.57. The van der Waals surface area contributed by atoms with Gasteiger partial charge in [0, 0.05) is 35.9 Å². The number of sulfone groups is 1. The first kappa shape index (κ1) is 20.6. The van der Waals surface area contributed by atoms with E-state index in [-0.39, 0.29) is 27.2 Å². The second-order valence-electron chi connectivity index (χ2n) is 7.12. The van der Waals surface area contributed by atoms with Crippen LogP contribution in [0.2, 0.25) is 5.02 Å². The zero-order valence-corrected chi connectivity index (χ0v) is 17.4. The maximum absolute atomic E-state index is 12.3. The highest BCUT2D eigenvalue weighted by Crippen LogP contribution is 2.32. The van der Waals surface area contributed by atoms with Crippen molar-refractivity contribution in [1.29, 1.82) is 0 Å². The lowest BCUT2D eigenvalue weighted by atomic mass is 9.95. The molecule has 1 aromatic carbocycles. The molecule has 2 aromatic rings. The second-order valence-corrected chi connectivity index (χ2v) is 9.51. The fraction of sp³-hybridized carbons (Fsp3) is 0.333. The molecule has 0 spiro atoms. The summed E-state index contributed by atoms with van der Waals surface area (Å²) in [6, 6.07) is 8.36. The molecule has 1 fully saturated rings. The fourth-order valence-electron chi connectivity index (χ4n) is 3.47. The van der Waals surface area contributed by atoms with Gasteiger partial charge in [0.1, 0.15) is 5.78 Å². The molecule has 1 atom stereocenters. The molecule has 0 saturated heterocycles. The summed E-state index contributed by atoms with van der Waals surface area (Å²) >= 11 is 6.23. The highest BCUT2D eigenvalue weighted by molar-refractivity contribution is 7.90. The number of hydrogen-bond donors (Lipinski definition) is 1. The van der Waals surface area contributed by atoms with Crippen LogP contribution in [0.4, 0.5) is 0 Å². The van der Waals surface area contributed by atoms with Crippen molar-refractivity contribution in [2.75, 3.05) is 6.26 Å². The normalized spacial score (nSPS) is 17.9. The van der Waals surface area contributed by atoms with Gasteiger partial charge in [-0.05, 0) is 42.5 Å². The second kappa shape index (κ2) is 8.05. The van der Waals surface area contributed by atoms with Crippen molar-refractivity contribution >= 4 is 32.8 Å². The van der Waals surface area contributed by atoms with Crippen molar-refractivity contribution in [2.45, 2.75) is 37.5 Å². The van der Waals surface area contributed by atoms with Crippen LogP contribution >= 0.6 is 11.6 Å². The topological polar surface area (TPSA) is 84.1 Å². The molecular formula is C21H22ClNO4S. The summed E-state index contributed by atoms with van der Waals surface area (Å²) in [4.78, 5) is 26.9. The molecule has 28 heavy (non-hydrogen) atoms. The van der Waals surface area contributed by atoms with E-state index in [4.69, 9.17) is 11.6 Å². The number of aromatic nitrogens is 1. The Balaban J connectivity index is 2.13. The Hall–Kier alpha value is -2.18. The minimum Gasteiger partial charge on any atom is -0.322 e. The van der Waals surface area contributed by atoms with Crippen molar-refractivity contribution in [2.24, 2.45) is 5.92 Å². The lowest BCUT2D eigenvalue weighted by Gasteiger charge is -2.13. The average Bonchev–Trinajstić information content (AvgIpc) is 3.03. The predicted octanol–water partition coefficient (Wildman–Crippen LogP) is 3.80. The molecule has 0 radical (unpaired) electrons. The zero-order chi connectivity index (χ0) is 20.5. The zero-order valence-electron chi connectivity index (χ0n) is 15.8. The lowest BCUT2D eigenvalue weighted by molar-refractivity contribution is -0.117. The minimum absolute atomic E-state index is 0.0585. The molecule has 0 bridgehead atoms. The summed E-state index contributed by atoms with van der Waals surface area (Å²) in [5.74, 6) is 0.297. The van der Waals surface area contributed by atoms with Crippen molar-refractivity contribution in [3.05, 3.63) is 68.6 Å². The van der Waals surface area contributed by atoms with Crippen LogP contribution in [0.25, 0.3) is 5.57 Å². The van der Waals surface area contributed by atoms with E-state index in [1.807, 2.05) is 19.1 Å². The van der Waals surface area contributed by atoms with E-state index in [0.717, 1.165) is 18.2 Å². The smallest absolute Gasteiger partial charge is 0.251 e. The van der Waals surface area contributed by atoms with Gasteiger partial charge >= 0.3 is 0 Å². The Bertz CT molecular complexity index is 1120. The van der Waals surface area contributed by atoms with Gasteiger partial charge < -0.3 is 4.98 Å². The number of H-pyrrole nitrogens is 1. The van der Waals surface area contributed by atoms with Crippen LogP contribution in [0.3, 0.4) is 0 Å². The van der Waals surface area contributed by atoms with E-state index in [1.165, 1.54) is 6.07 Å². The summed E-state index contributed by atoms with van der Waals surface area (Å²) in [6.45, 7) is 1.91. The van der Waals surface area contributed by atoms with E-state index < -0.39 is 9.84 Å². The average molecular weight is 420 g/mol. The molecule has 0 unspecified atom stereocenters. The number of hydrogen-bond acceptors (Lipinski definition) is 4. The highest BCUT2D eigenvalue weighted by atomic mass is 35.5. The van der Waals surface area contributed by atoms with Gasteiger partial charge in [0.25, 0.3) is 5.56 Å². The largest absolute Gasteiger partial charge is 0.322 e. The Morgan fingerprint density at radius 1 is 1.25 bits per heavy atom. The van der Waals surface area contributed by atoms with Crippen LogP contribution in [0.1, 0.15) is 43.0 Å². The molecule has 5 nitrogen and oxygen atoms in total. The number of benzene rings is 1. The summed E-state index contributed by atoms with van der Waals surface area (Å²) < 4.78 is 23.7. The number of Topliss-reactive ketones (excluding diaryl/α,β-unsaturated/α-hetero) is 1. The standard InChI is InChI=1S/C21H22ClNO4S/c1-3-14-5-8-19(23-21(14)25)17(11-13-4-7-16(24)10-13)15-6-9-20(18(22)12-15)28(2,26)27/h5-6,8-9,11-13H,3-4,7,10H2,1-2H3,(H,23,25)/b17-11-/t13-/m0/s1. The third-order valence-electron chi connectivity index (χ3n) is 4.99. The Labute approximate surface area is 169 Å². The Morgan fingerprint density at radius 3 is 2.54 bits per heavy atom. The Kier molecular flexibility index (Phi) is 5.91. The van der Waals surface area contributed by atoms with Crippen molar-refractivity contribution in [1.82, 2.24) is 4.98 Å². The van der Waals surface area contributed by atoms with Gasteiger partial charge in [0.05, 0.1) is 9.92 Å². The number of carbonyl (C=O) groups excluding carboxylic acids is 1. The molecule has 1 saturated carbocycles. The first-order chi connectivity index (χ1) is 13.2. The number of pyridine rings is 1. The summed E-state index contributed by atoms with van der Waals surface area (Å²) in [5.41, 5.74) is 2.57. The van der Waals surface area contributed by atoms with Crippen LogP contribution in [-0.4, -0.2) is 25.4 Å². The van der Waals surface area contributed by atoms with Gasteiger partial charge in [-0.3, -0.25) is 9.59 Å². The molecule has 0 amide bonds. The molecule has 1 N–H and O–H groups in total. The molecule has 0 aliphatic heterocycles. The van der Waals surface area contributed by atoms with Gasteiger partial charge in [-0.2, -0.15) is 0 Å². The molecule has 7 heteroatoms. The number of nitrogens with one attached hydrogen (secondary N) is 1. The summed E-state index contributed by atoms with van der Waals surface area (Å²) in [5, 5.41) is 0.126. The van der Waals surface area contributed by atoms with Gasteiger partial charge in [0.15, 0.2) is 9.84 Å². The van der Waals surface area contributed by atoms with Crippen LogP contribution in [0.15, 0.2) is 46.1 Å². The van der Waals surface area contributed by atoms with Crippen LogP contribution in [0.5, 0.6) is 0 Å². The van der Waals surface area contributed by atoms with Crippen LogP contribution in [0, 0.1) is 5.92 Å². The minimum atomic E-state index is -3.44. The maximum Gasteiger partial charge on any atom is 0.251 e. The summed E-state index contributed by atoms with van der Waals surface area (Å²) in [6.07, 6.45) is 5.49. The number of ketones is 1. The molecule has 1 aromatic heterocycles. The molecule has 3 rings (SSSR count). The van der Waals surface area contributed by atoms with Crippen LogP contribution < -0.4 is 5.56 Å². The van der Waals surface area contributed by atoms with Crippen LogP contribution in [-0.2, 0) is 21.1 Å². The van der Waals surface area contributed by atoms with Crippen molar-refractivity contribution in [3.8, 4) is 0 Å². The molecule has 1 aliphatic rings. The number of aromatic amines is 1. The maximum atomic E-state index is 12.3. The van der Waals surface area contributed by atoms with E-state index in [2.05, 4.69) is 4.98 Å². The number of aryl methyl sites for hydroxylation is 1. The van der Waals surface area contributed by atoms with Crippen molar-refractivity contribution < 1.29 is 13.2 Å². The van der Waals surface area contributed by atoms with E-state index >= 15 is 0 Å². The van der Waals surface area contributed by atoms with Gasteiger partial charge in [0.2, 0.25) is 0 Å². The number of allylic oxidation sites excluding steroid dienone is 1. The van der Waals surface area contributed by atoms with Gasteiger partial charge in [-0.15, -0.1) is 0 Å². The quantitative estimate of drug-likeness (QED) is 0.798. The Morgan fingerprint density at radius 2 is 2.00 bits per heavy atom. The number of rotatable bonds is 5. The van der Waals surface area contributed by atoms with E-state index in [9.17, 15) is 18.0 Å². The molecule has 1 heterocycles. The van der Waals surface area contributed by atoms with E-state index in [0.29, 0.717) is 36.1 Å². The number of carbonyl (C=O) groups is 1. The third kappa shape index (κ3) is 4.45. The van der Waals surface area contributed by atoms with Gasteiger partial charge in [-0.1, -0.05) is 36.7 Å². The van der Waals surface area contributed by atoms with Gasteiger partial charge in [-0.25, -0.2) is 8.42 Å². The SMILES string of the molecule is CCc1ccc(/C(=C\[C@H]2CCC(=O)C2)c2ccc(S(C)(=O)=O)c(Cl)c2)[nH]c1=O. The molecule has 148 valence electrons. The number of halogens is 1.